The Morgan fingerprint density at radius 1 is 1.35 bits per heavy atom. The van der Waals surface area contributed by atoms with Crippen molar-refractivity contribution >= 4 is 6.09 Å². The molecule has 17 heavy (non-hydrogen) atoms. The van der Waals surface area contributed by atoms with Crippen molar-refractivity contribution in [1.29, 1.82) is 0 Å². The van der Waals surface area contributed by atoms with Gasteiger partial charge in [0.1, 0.15) is 0 Å². The number of rotatable bonds is 2. The van der Waals surface area contributed by atoms with Crippen LogP contribution in [0.1, 0.15) is 26.7 Å². The number of nitrogens with one attached hydrogen (secondary N) is 1. The Kier molecular flexibility index (Phi) is 3.89. The Bertz CT molecular complexity index is 269. The van der Waals surface area contributed by atoms with Gasteiger partial charge < -0.3 is 14.8 Å². The SMILES string of the molecule is COC(=O)NC1C[C@H]2COC[C@@H](C1)N2C(C)C. The maximum Gasteiger partial charge on any atom is 0.407 e. The van der Waals surface area contributed by atoms with Crippen molar-refractivity contribution in [2.24, 2.45) is 0 Å². The monoisotopic (exact) mass is 242 g/mol. The predicted octanol–water partition coefficient (Wildman–Crippen LogP) is 0.983. The predicted molar refractivity (Wildman–Crippen MR) is 63.9 cm³/mol. The van der Waals surface area contributed by atoms with Gasteiger partial charge in [-0.25, -0.2) is 4.79 Å². The quantitative estimate of drug-likeness (QED) is 0.784. The van der Waals surface area contributed by atoms with E-state index in [1.54, 1.807) is 0 Å². The molecule has 2 fully saturated rings. The third-order valence-electron chi connectivity index (χ3n) is 3.68. The summed E-state index contributed by atoms with van der Waals surface area (Å²) in [4.78, 5) is 13.8. The van der Waals surface area contributed by atoms with Gasteiger partial charge in [-0.2, -0.15) is 0 Å². The van der Waals surface area contributed by atoms with E-state index < -0.39 is 0 Å². The lowest BCUT2D eigenvalue weighted by Gasteiger charge is -2.50. The molecular weight excluding hydrogens is 220 g/mol. The molecule has 0 aromatic carbocycles. The van der Waals surface area contributed by atoms with Crippen molar-refractivity contribution in [3.63, 3.8) is 0 Å². The van der Waals surface area contributed by atoms with Crippen molar-refractivity contribution in [2.75, 3.05) is 20.3 Å². The first-order chi connectivity index (χ1) is 8.11. The molecule has 2 bridgehead atoms. The third kappa shape index (κ3) is 2.72. The average Bonchev–Trinajstić information content (AvgIpc) is 2.27. The highest BCUT2D eigenvalue weighted by atomic mass is 16.5. The third-order valence-corrected chi connectivity index (χ3v) is 3.68. The molecule has 0 radical (unpaired) electrons. The van der Waals surface area contributed by atoms with Gasteiger partial charge in [-0.3, -0.25) is 4.90 Å². The van der Waals surface area contributed by atoms with Crippen LogP contribution in [0.2, 0.25) is 0 Å². The smallest absolute Gasteiger partial charge is 0.407 e. The number of fused-ring (bicyclic) bond motifs is 2. The molecule has 98 valence electrons. The molecular formula is C12H22N2O3. The number of amides is 1. The van der Waals surface area contributed by atoms with Crippen molar-refractivity contribution < 1.29 is 14.3 Å². The maximum absolute atomic E-state index is 11.2. The van der Waals surface area contributed by atoms with Crippen LogP contribution in [0.25, 0.3) is 0 Å². The molecule has 1 N–H and O–H groups in total. The van der Waals surface area contributed by atoms with Gasteiger partial charge in [0.25, 0.3) is 0 Å². The van der Waals surface area contributed by atoms with E-state index in [0.717, 1.165) is 26.1 Å². The summed E-state index contributed by atoms with van der Waals surface area (Å²) in [7, 11) is 1.41. The Balaban J connectivity index is 1.99. The van der Waals surface area contributed by atoms with E-state index >= 15 is 0 Å². The van der Waals surface area contributed by atoms with Gasteiger partial charge in [0.2, 0.25) is 0 Å². The van der Waals surface area contributed by atoms with Crippen LogP contribution in [0.5, 0.6) is 0 Å². The second-order valence-electron chi connectivity index (χ2n) is 5.19. The minimum Gasteiger partial charge on any atom is -0.453 e. The van der Waals surface area contributed by atoms with Crippen LogP contribution in [0.15, 0.2) is 0 Å². The van der Waals surface area contributed by atoms with Crippen LogP contribution >= 0.6 is 0 Å². The molecule has 2 aliphatic heterocycles. The summed E-state index contributed by atoms with van der Waals surface area (Å²) in [5, 5.41) is 2.91. The topological polar surface area (TPSA) is 50.8 Å². The average molecular weight is 242 g/mol. The Morgan fingerprint density at radius 2 is 1.94 bits per heavy atom. The fraction of sp³-hybridized carbons (Fsp3) is 0.917. The van der Waals surface area contributed by atoms with E-state index in [1.807, 2.05) is 0 Å². The minimum absolute atomic E-state index is 0.219. The zero-order valence-electron chi connectivity index (χ0n) is 10.8. The standard InChI is InChI=1S/C12H22N2O3/c1-8(2)14-10-4-9(13-12(15)16-3)5-11(14)7-17-6-10/h8-11H,4-7H2,1-3H3,(H,13,15)/t9?,10-,11+. The summed E-state index contributed by atoms with van der Waals surface area (Å²) in [5.74, 6) is 0. The summed E-state index contributed by atoms with van der Waals surface area (Å²) in [6.07, 6.45) is 1.57. The first-order valence-corrected chi connectivity index (χ1v) is 6.31. The zero-order chi connectivity index (χ0) is 12.4. The number of alkyl carbamates (subject to hydrolysis) is 1. The van der Waals surface area contributed by atoms with Crippen LogP contribution < -0.4 is 5.32 Å². The molecule has 2 heterocycles. The number of methoxy groups -OCH3 is 1. The Hall–Kier alpha value is -0.810. The first kappa shape index (κ1) is 12.6. The highest BCUT2D eigenvalue weighted by molar-refractivity contribution is 5.67. The van der Waals surface area contributed by atoms with Gasteiger partial charge >= 0.3 is 6.09 Å². The molecule has 3 atom stereocenters. The van der Waals surface area contributed by atoms with E-state index in [0.29, 0.717) is 18.1 Å². The molecule has 2 saturated heterocycles. The Morgan fingerprint density at radius 3 is 2.41 bits per heavy atom. The summed E-state index contributed by atoms with van der Waals surface area (Å²) in [6, 6.07) is 1.60. The Labute approximate surface area is 102 Å². The second-order valence-corrected chi connectivity index (χ2v) is 5.19. The second kappa shape index (κ2) is 5.23. The van der Waals surface area contributed by atoms with Gasteiger partial charge in [-0.15, -0.1) is 0 Å². The first-order valence-electron chi connectivity index (χ1n) is 6.31. The molecule has 5 heteroatoms. The number of nitrogens with zero attached hydrogens (tertiary/aromatic N) is 1. The van der Waals surface area contributed by atoms with E-state index in [4.69, 9.17) is 4.74 Å². The normalized spacial score (nSPS) is 33.5. The summed E-state index contributed by atoms with van der Waals surface area (Å²) in [5.41, 5.74) is 0. The molecule has 2 aliphatic rings. The number of morpholine rings is 1. The molecule has 0 aliphatic carbocycles. The van der Waals surface area contributed by atoms with Gasteiger partial charge in [0.05, 0.1) is 20.3 Å². The highest BCUT2D eigenvalue weighted by Crippen LogP contribution is 2.29. The molecule has 0 spiro atoms. The molecule has 0 aromatic heterocycles. The lowest BCUT2D eigenvalue weighted by molar-refractivity contribution is -0.0939. The molecule has 1 unspecified atom stereocenters. The number of hydrogen-bond acceptors (Lipinski definition) is 4. The summed E-state index contributed by atoms with van der Waals surface area (Å²) in [6.45, 7) is 5.99. The van der Waals surface area contributed by atoms with E-state index in [2.05, 4.69) is 28.8 Å². The minimum atomic E-state index is -0.327. The lowest BCUT2D eigenvalue weighted by Crippen LogP contribution is -2.62. The van der Waals surface area contributed by atoms with Crippen LogP contribution in [0, 0.1) is 0 Å². The lowest BCUT2D eigenvalue weighted by atomic mass is 9.89. The zero-order valence-corrected chi connectivity index (χ0v) is 10.8. The van der Waals surface area contributed by atoms with Crippen LogP contribution in [0.3, 0.4) is 0 Å². The van der Waals surface area contributed by atoms with E-state index in [1.165, 1.54) is 7.11 Å². The van der Waals surface area contributed by atoms with E-state index in [9.17, 15) is 4.79 Å². The molecule has 1 amide bonds. The number of piperidine rings is 1. The van der Waals surface area contributed by atoms with Crippen molar-refractivity contribution in [3.8, 4) is 0 Å². The molecule has 0 aromatic rings. The summed E-state index contributed by atoms with van der Waals surface area (Å²) < 4.78 is 10.3. The van der Waals surface area contributed by atoms with Gasteiger partial charge in [0, 0.05) is 24.2 Å². The van der Waals surface area contributed by atoms with Crippen LogP contribution in [-0.4, -0.2) is 55.5 Å². The molecule has 2 rings (SSSR count). The number of ether oxygens (including phenoxy) is 2. The number of carbonyl (C=O) groups excluding carboxylic acids is 1. The van der Waals surface area contributed by atoms with Crippen molar-refractivity contribution in [2.45, 2.75) is 50.9 Å². The van der Waals surface area contributed by atoms with Gasteiger partial charge in [0.15, 0.2) is 0 Å². The molecule has 5 nitrogen and oxygen atoms in total. The van der Waals surface area contributed by atoms with Crippen molar-refractivity contribution in [1.82, 2.24) is 10.2 Å². The maximum atomic E-state index is 11.2. The number of carbonyl (C=O) groups is 1. The highest BCUT2D eigenvalue weighted by Gasteiger charge is 2.40. The summed E-state index contributed by atoms with van der Waals surface area (Å²) >= 11 is 0. The fourth-order valence-corrected chi connectivity index (χ4v) is 3.13. The van der Waals surface area contributed by atoms with Crippen LogP contribution in [-0.2, 0) is 9.47 Å². The van der Waals surface area contributed by atoms with Crippen molar-refractivity contribution in [3.05, 3.63) is 0 Å². The molecule has 0 saturated carbocycles. The van der Waals surface area contributed by atoms with Gasteiger partial charge in [-0.05, 0) is 26.7 Å². The largest absolute Gasteiger partial charge is 0.453 e. The van der Waals surface area contributed by atoms with E-state index in [-0.39, 0.29) is 12.1 Å². The fourth-order valence-electron chi connectivity index (χ4n) is 3.13. The van der Waals surface area contributed by atoms with Gasteiger partial charge in [-0.1, -0.05) is 0 Å². The number of hydrogen-bond donors (Lipinski definition) is 1. The van der Waals surface area contributed by atoms with Crippen LogP contribution in [0.4, 0.5) is 4.79 Å².